The van der Waals surface area contributed by atoms with Crippen LogP contribution in [0.25, 0.3) is 6.08 Å². The molecule has 1 heterocycles. The van der Waals surface area contributed by atoms with Gasteiger partial charge in [-0.2, -0.15) is 4.31 Å². The summed E-state index contributed by atoms with van der Waals surface area (Å²) in [5, 5.41) is 0.605. The lowest BCUT2D eigenvalue weighted by atomic mass is 10.2. The molecule has 0 amide bonds. The highest BCUT2D eigenvalue weighted by molar-refractivity contribution is 7.89. The quantitative estimate of drug-likeness (QED) is 0.309. The van der Waals surface area contributed by atoms with Gasteiger partial charge in [-0.25, -0.2) is 13.2 Å². The topological polar surface area (TPSA) is 91.4 Å². The molecule has 0 spiro atoms. The Balaban J connectivity index is 1.59. The van der Waals surface area contributed by atoms with Crippen molar-refractivity contribution in [3.8, 4) is 11.5 Å². The Labute approximate surface area is 192 Å². The van der Waals surface area contributed by atoms with Gasteiger partial charge in [-0.05, 0) is 48.0 Å². The van der Waals surface area contributed by atoms with E-state index in [0.717, 1.165) is 0 Å². The minimum absolute atomic E-state index is 0.0359. The number of methoxy groups -OCH3 is 1. The van der Waals surface area contributed by atoms with Gasteiger partial charge in [0.05, 0.1) is 20.3 Å². The van der Waals surface area contributed by atoms with E-state index in [2.05, 4.69) is 0 Å². The van der Waals surface area contributed by atoms with Crippen LogP contribution in [0, 0.1) is 0 Å². The number of benzene rings is 2. The maximum atomic E-state index is 13.0. The molecule has 0 radical (unpaired) electrons. The summed E-state index contributed by atoms with van der Waals surface area (Å²) >= 11 is 5.81. The standard InChI is InChI=1S/C22H24ClNO7S/c1-28-20-8-2-17(16-21(20)32(26,27)24-10-12-29-13-11-24)3-9-22(25)31-15-14-30-19-6-4-18(23)5-7-19/h2-9,16H,10-15H2,1H3/b9-3+. The lowest BCUT2D eigenvalue weighted by molar-refractivity contribution is -0.138. The Bertz CT molecular complexity index is 1050. The van der Waals surface area contributed by atoms with Crippen LogP contribution >= 0.6 is 11.6 Å². The van der Waals surface area contributed by atoms with Crippen molar-refractivity contribution in [2.24, 2.45) is 0 Å². The van der Waals surface area contributed by atoms with Gasteiger partial charge in [0.2, 0.25) is 10.0 Å². The first kappa shape index (κ1) is 24.1. The fourth-order valence-corrected chi connectivity index (χ4v) is 4.69. The van der Waals surface area contributed by atoms with Crippen molar-refractivity contribution in [2.75, 3.05) is 46.6 Å². The largest absolute Gasteiger partial charge is 0.495 e. The van der Waals surface area contributed by atoms with Gasteiger partial charge >= 0.3 is 5.97 Å². The molecule has 8 nitrogen and oxygen atoms in total. The van der Waals surface area contributed by atoms with Gasteiger partial charge in [0.15, 0.2) is 0 Å². The Kier molecular flexibility index (Phi) is 8.52. The smallest absolute Gasteiger partial charge is 0.330 e. The van der Waals surface area contributed by atoms with E-state index < -0.39 is 16.0 Å². The molecule has 1 fully saturated rings. The number of halogens is 1. The summed E-state index contributed by atoms with van der Waals surface area (Å²) in [5.41, 5.74) is 0.520. The Morgan fingerprint density at radius 3 is 2.53 bits per heavy atom. The molecule has 0 saturated carbocycles. The van der Waals surface area contributed by atoms with E-state index in [0.29, 0.717) is 29.5 Å². The van der Waals surface area contributed by atoms with E-state index >= 15 is 0 Å². The Morgan fingerprint density at radius 1 is 1.12 bits per heavy atom. The second-order valence-electron chi connectivity index (χ2n) is 6.73. The van der Waals surface area contributed by atoms with Crippen LogP contribution in [0.2, 0.25) is 5.02 Å². The Morgan fingerprint density at radius 2 is 1.84 bits per heavy atom. The number of esters is 1. The molecule has 0 N–H and O–H groups in total. The van der Waals surface area contributed by atoms with E-state index in [1.807, 2.05) is 0 Å². The molecule has 172 valence electrons. The average molecular weight is 482 g/mol. The van der Waals surface area contributed by atoms with Crippen LogP contribution in [0.4, 0.5) is 0 Å². The van der Waals surface area contributed by atoms with Crippen LogP contribution in [0.3, 0.4) is 0 Å². The molecule has 0 bridgehead atoms. The highest BCUT2D eigenvalue weighted by Gasteiger charge is 2.29. The molecule has 0 aliphatic carbocycles. The van der Waals surface area contributed by atoms with Crippen LogP contribution in [-0.4, -0.2) is 65.3 Å². The summed E-state index contributed by atoms with van der Waals surface area (Å²) in [6.07, 6.45) is 2.72. The van der Waals surface area contributed by atoms with Gasteiger partial charge in [-0.3, -0.25) is 0 Å². The molecule has 2 aromatic carbocycles. The highest BCUT2D eigenvalue weighted by atomic mass is 35.5. The molecule has 0 aromatic heterocycles. The second-order valence-corrected chi connectivity index (χ2v) is 9.07. The minimum Gasteiger partial charge on any atom is -0.495 e. The third-order valence-electron chi connectivity index (χ3n) is 4.60. The molecule has 0 unspecified atom stereocenters. The summed E-state index contributed by atoms with van der Waals surface area (Å²) < 4.78 is 48.4. The molecular formula is C22H24ClNO7S. The number of ether oxygens (including phenoxy) is 4. The van der Waals surface area contributed by atoms with Gasteiger partial charge in [-0.1, -0.05) is 17.7 Å². The third-order valence-corrected chi connectivity index (χ3v) is 6.77. The van der Waals surface area contributed by atoms with Crippen LogP contribution < -0.4 is 9.47 Å². The van der Waals surface area contributed by atoms with E-state index in [4.69, 9.17) is 30.5 Å². The molecule has 2 aromatic rings. The maximum absolute atomic E-state index is 13.0. The minimum atomic E-state index is -3.76. The van der Waals surface area contributed by atoms with E-state index in [9.17, 15) is 13.2 Å². The van der Waals surface area contributed by atoms with Crippen molar-refractivity contribution in [3.63, 3.8) is 0 Å². The zero-order chi connectivity index (χ0) is 23.0. The number of rotatable bonds is 9. The molecular weight excluding hydrogens is 458 g/mol. The lowest BCUT2D eigenvalue weighted by Crippen LogP contribution is -2.40. The zero-order valence-electron chi connectivity index (χ0n) is 17.5. The first-order valence-electron chi connectivity index (χ1n) is 9.89. The molecule has 0 atom stereocenters. The highest BCUT2D eigenvalue weighted by Crippen LogP contribution is 2.28. The monoisotopic (exact) mass is 481 g/mol. The van der Waals surface area contributed by atoms with Crippen LogP contribution in [0.15, 0.2) is 53.4 Å². The number of carbonyl (C=O) groups is 1. The van der Waals surface area contributed by atoms with Crippen molar-refractivity contribution in [3.05, 3.63) is 59.1 Å². The van der Waals surface area contributed by atoms with E-state index in [-0.39, 0.29) is 36.9 Å². The van der Waals surface area contributed by atoms with Crippen molar-refractivity contribution in [1.82, 2.24) is 4.31 Å². The SMILES string of the molecule is COc1ccc(/C=C/C(=O)OCCOc2ccc(Cl)cc2)cc1S(=O)(=O)N1CCOCC1. The number of nitrogens with zero attached hydrogens (tertiary/aromatic N) is 1. The first-order chi connectivity index (χ1) is 15.4. The van der Waals surface area contributed by atoms with Crippen molar-refractivity contribution in [2.45, 2.75) is 4.90 Å². The molecule has 3 rings (SSSR count). The third kappa shape index (κ3) is 6.46. The summed E-state index contributed by atoms with van der Waals surface area (Å²) in [4.78, 5) is 12.0. The molecule has 1 aliphatic rings. The summed E-state index contributed by atoms with van der Waals surface area (Å²) in [6, 6.07) is 11.5. The number of sulfonamides is 1. The van der Waals surface area contributed by atoms with Crippen LogP contribution in [0.5, 0.6) is 11.5 Å². The molecule has 10 heteroatoms. The number of hydrogen-bond acceptors (Lipinski definition) is 7. The van der Waals surface area contributed by atoms with Crippen molar-refractivity contribution < 1.29 is 32.2 Å². The predicted octanol–water partition coefficient (Wildman–Crippen LogP) is 3.00. The van der Waals surface area contributed by atoms with Gasteiger partial charge in [-0.15, -0.1) is 0 Å². The molecule has 32 heavy (non-hydrogen) atoms. The van der Waals surface area contributed by atoms with Crippen molar-refractivity contribution >= 4 is 33.7 Å². The number of morpholine rings is 1. The second kappa shape index (κ2) is 11.3. The zero-order valence-corrected chi connectivity index (χ0v) is 19.1. The van der Waals surface area contributed by atoms with Gasteiger partial charge < -0.3 is 18.9 Å². The summed E-state index contributed by atoms with van der Waals surface area (Å²) in [7, 11) is -2.35. The van der Waals surface area contributed by atoms with Gasteiger partial charge in [0.25, 0.3) is 0 Å². The number of hydrogen-bond donors (Lipinski definition) is 0. The van der Waals surface area contributed by atoms with Crippen LogP contribution in [-0.2, 0) is 24.3 Å². The maximum Gasteiger partial charge on any atom is 0.330 e. The van der Waals surface area contributed by atoms with Gasteiger partial charge in [0.1, 0.15) is 29.6 Å². The van der Waals surface area contributed by atoms with Crippen molar-refractivity contribution in [1.29, 1.82) is 0 Å². The van der Waals surface area contributed by atoms with Gasteiger partial charge in [0, 0.05) is 24.2 Å². The Hall–Kier alpha value is -2.59. The molecule has 1 aliphatic heterocycles. The lowest BCUT2D eigenvalue weighted by Gasteiger charge is -2.26. The fraction of sp³-hybridized carbons (Fsp3) is 0.318. The van der Waals surface area contributed by atoms with E-state index in [1.165, 1.54) is 29.6 Å². The fourth-order valence-electron chi connectivity index (χ4n) is 2.97. The normalized spacial score (nSPS) is 14.9. The summed E-state index contributed by atoms with van der Waals surface area (Å²) in [5.74, 6) is 0.280. The number of carbonyl (C=O) groups excluding carboxylic acids is 1. The molecule has 1 saturated heterocycles. The first-order valence-corrected chi connectivity index (χ1v) is 11.7. The summed E-state index contributed by atoms with van der Waals surface area (Å²) in [6.45, 7) is 1.48. The van der Waals surface area contributed by atoms with Crippen LogP contribution in [0.1, 0.15) is 5.56 Å². The predicted molar refractivity (Wildman–Crippen MR) is 120 cm³/mol. The average Bonchev–Trinajstić information content (AvgIpc) is 2.82. The van der Waals surface area contributed by atoms with E-state index in [1.54, 1.807) is 36.4 Å².